The number of carbonyl (C=O) groups excluding carboxylic acids is 1. The van der Waals surface area contributed by atoms with Gasteiger partial charge in [-0.15, -0.1) is 0 Å². The van der Waals surface area contributed by atoms with E-state index in [-0.39, 0.29) is 5.97 Å². The van der Waals surface area contributed by atoms with E-state index in [2.05, 4.69) is 13.5 Å². The van der Waals surface area contributed by atoms with Gasteiger partial charge in [-0.1, -0.05) is 43.8 Å². The van der Waals surface area contributed by atoms with Gasteiger partial charge in [0.05, 0.1) is 0 Å². The molecule has 0 spiro atoms. The highest BCUT2D eigenvalue weighted by Gasteiger charge is 2.32. The summed E-state index contributed by atoms with van der Waals surface area (Å²) in [5.74, 6) is -0.324. The Morgan fingerprint density at radius 1 is 1.47 bits per heavy atom. The lowest BCUT2D eigenvalue weighted by Gasteiger charge is -2.25. The molecule has 0 radical (unpaired) electrons. The lowest BCUT2D eigenvalue weighted by atomic mass is 10.4. The van der Waals surface area contributed by atoms with Crippen LogP contribution < -0.4 is 5.19 Å². The van der Waals surface area contributed by atoms with Crippen molar-refractivity contribution in [2.24, 2.45) is 0 Å². The number of rotatable bonds is 4. The molecule has 2 nitrogen and oxygen atoms in total. The Morgan fingerprint density at radius 3 is 2.53 bits per heavy atom. The van der Waals surface area contributed by atoms with E-state index >= 15 is 0 Å². The van der Waals surface area contributed by atoms with Crippen molar-refractivity contribution in [3.8, 4) is 0 Å². The van der Waals surface area contributed by atoms with Crippen LogP contribution in [-0.2, 0) is 9.22 Å². The fraction of sp³-hybridized carbons (Fsp3) is 0.250. The summed E-state index contributed by atoms with van der Waals surface area (Å²) in [6, 6.07) is 10.8. The Morgan fingerprint density at radius 2 is 2.07 bits per heavy atom. The van der Waals surface area contributed by atoms with Crippen LogP contribution in [0.3, 0.4) is 0 Å². The average molecular weight is 220 g/mol. The van der Waals surface area contributed by atoms with Crippen molar-refractivity contribution in [3.05, 3.63) is 43.0 Å². The second-order valence-corrected chi connectivity index (χ2v) is 7.53. The van der Waals surface area contributed by atoms with Gasteiger partial charge in [-0.05, 0) is 17.8 Å². The molecule has 1 aromatic carbocycles. The van der Waals surface area contributed by atoms with Crippen LogP contribution in [0.4, 0.5) is 0 Å². The van der Waals surface area contributed by atoms with Crippen molar-refractivity contribution < 1.29 is 9.22 Å². The van der Waals surface area contributed by atoms with E-state index in [9.17, 15) is 4.79 Å². The quantitative estimate of drug-likeness (QED) is 0.574. The molecule has 0 heterocycles. The zero-order valence-electron chi connectivity index (χ0n) is 9.19. The lowest BCUT2D eigenvalue weighted by molar-refractivity contribution is -0.129. The minimum absolute atomic E-state index is 0.324. The van der Waals surface area contributed by atoms with Crippen LogP contribution >= 0.6 is 0 Å². The molecule has 0 fully saturated rings. The fourth-order valence-electron chi connectivity index (χ4n) is 1.39. The van der Waals surface area contributed by atoms with Crippen molar-refractivity contribution in [3.63, 3.8) is 0 Å². The summed E-state index contributed by atoms with van der Waals surface area (Å²) in [6.45, 7) is 7.52. The van der Waals surface area contributed by atoms with E-state index in [4.69, 9.17) is 4.43 Å². The summed E-state index contributed by atoms with van der Waals surface area (Å²) < 4.78 is 5.50. The van der Waals surface area contributed by atoms with Crippen LogP contribution in [0.1, 0.15) is 6.92 Å². The molecule has 1 unspecified atom stereocenters. The first-order valence-corrected chi connectivity index (χ1v) is 7.65. The van der Waals surface area contributed by atoms with Crippen LogP contribution in [-0.4, -0.2) is 14.3 Å². The SMILES string of the molecule is C=CC(=O)O[Si](C)(CC)c1ccccc1. The number of hydrogen-bond donors (Lipinski definition) is 0. The van der Waals surface area contributed by atoms with Gasteiger partial charge in [-0.3, -0.25) is 0 Å². The lowest BCUT2D eigenvalue weighted by Crippen LogP contribution is -2.48. The van der Waals surface area contributed by atoms with Crippen molar-refractivity contribution >= 4 is 19.5 Å². The van der Waals surface area contributed by atoms with E-state index < -0.39 is 8.32 Å². The third kappa shape index (κ3) is 2.80. The van der Waals surface area contributed by atoms with Crippen molar-refractivity contribution in [1.29, 1.82) is 0 Å². The van der Waals surface area contributed by atoms with Gasteiger partial charge in [-0.25, -0.2) is 4.79 Å². The summed E-state index contributed by atoms with van der Waals surface area (Å²) in [5, 5.41) is 1.14. The van der Waals surface area contributed by atoms with Gasteiger partial charge in [0.15, 0.2) is 0 Å². The van der Waals surface area contributed by atoms with E-state index in [1.807, 2.05) is 36.9 Å². The number of hydrogen-bond acceptors (Lipinski definition) is 2. The highest BCUT2D eigenvalue weighted by atomic mass is 28.4. The van der Waals surface area contributed by atoms with Crippen LogP contribution in [0.5, 0.6) is 0 Å². The standard InChI is InChI=1S/C12H16O2Si/c1-4-12(13)14-15(3,5-2)11-9-7-6-8-10-11/h4,6-10H,1,5H2,2-3H3. The molecule has 3 heteroatoms. The Bertz CT molecular complexity index is 348. The molecule has 0 aromatic heterocycles. The second kappa shape index (κ2) is 4.93. The maximum Gasteiger partial charge on any atom is 0.317 e. The minimum Gasteiger partial charge on any atom is -0.512 e. The van der Waals surface area contributed by atoms with Crippen LogP contribution in [0.15, 0.2) is 43.0 Å². The summed E-state index contributed by atoms with van der Waals surface area (Å²) >= 11 is 0. The van der Waals surface area contributed by atoms with Gasteiger partial charge in [-0.2, -0.15) is 0 Å². The van der Waals surface area contributed by atoms with Gasteiger partial charge in [0.25, 0.3) is 8.32 Å². The molecule has 1 atom stereocenters. The number of benzene rings is 1. The first-order chi connectivity index (χ1) is 7.12. The maximum absolute atomic E-state index is 11.3. The molecule has 80 valence electrons. The van der Waals surface area contributed by atoms with Crippen LogP contribution in [0.2, 0.25) is 12.6 Å². The summed E-state index contributed by atoms with van der Waals surface area (Å²) in [7, 11) is -2.10. The van der Waals surface area contributed by atoms with E-state index in [0.717, 1.165) is 11.2 Å². The molecule has 0 saturated carbocycles. The summed E-state index contributed by atoms with van der Waals surface area (Å²) in [4.78, 5) is 11.3. The van der Waals surface area contributed by atoms with Gasteiger partial charge in [0, 0.05) is 6.08 Å². The second-order valence-electron chi connectivity index (χ2n) is 3.58. The molecular weight excluding hydrogens is 204 g/mol. The van der Waals surface area contributed by atoms with Gasteiger partial charge >= 0.3 is 5.97 Å². The predicted molar refractivity (Wildman–Crippen MR) is 64.5 cm³/mol. The smallest absolute Gasteiger partial charge is 0.317 e. The topological polar surface area (TPSA) is 26.3 Å². The van der Waals surface area contributed by atoms with Crippen molar-refractivity contribution in [2.75, 3.05) is 0 Å². The predicted octanol–water partition coefficient (Wildman–Crippen LogP) is 2.22. The molecule has 15 heavy (non-hydrogen) atoms. The molecule has 0 aliphatic carbocycles. The summed E-state index contributed by atoms with van der Waals surface area (Å²) in [5.41, 5.74) is 0. The zero-order valence-corrected chi connectivity index (χ0v) is 10.2. The third-order valence-electron chi connectivity index (χ3n) is 2.55. The molecular formula is C12H16O2Si. The van der Waals surface area contributed by atoms with Gasteiger partial charge in [0.1, 0.15) is 0 Å². The van der Waals surface area contributed by atoms with Gasteiger partial charge in [0.2, 0.25) is 0 Å². The Kier molecular flexibility index (Phi) is 3.86. The largest absolute Gasteiger partial charge is 0.512 e. The molecule has 0 saturated heterocycles. The third-order valence-corrected chi connectivity index (χ3v) is 6.11. The first kappa shape index (κ1) is 11.7. The first-order valence-electron chi connectivity index (χ1n) is 5.03. The molecule has 0 N–H and O–H groups in total. The van der Waals surface area contributed by atoms with Crippen LogP contribution in [0.25, 0.3) is 0 Å². The molecule has 1 rings (SSSR count). The molecule has 0 bridgehead atoms. The van der Waals surface area contributed by atoms with Crippen molar-refractivity contribution in [1.82, 2.24) is 0 Å². The minimum atomic E-state index is -2.10. The Balaban J connectivity index is 2.95. The highest BCUT2D eigenvalue weighted by molar-refractivity contribution is 6.86. The average Bonchev–Trinajstić information content (AvgIpc) is 2.30. The molecule has 0 aliphatic heterocycles. The normalized spacial score (nSPS) is 14.0. The Hall–Kier alpha value is -1.35. The molecule has 1 aromatic rings. The monoisotopic (exact) mass is 220 g/mol. The fourth-order valence-corrected chi connectivity index (χ4v) is 3.48. The summed E-state index contributed by atoms with van der Waals surface area (Å²) in [6.07, 6.45) is 1.23. The molecule has 0 amide bonds. The number of carbonyl (C=O) groups is 1. The van der Waals surface area contributed by atoms with E-state index in [1.165, 1.54) is 6.08 Å². The molecule has 0 aliphatic rings. The van der Waals surface area contributed by atoms with Crippen LogP contribution in [0, 0.1) is 0 Å². The van der Waals surface area contributed by atoms with E-state index in [0.29, 0.717) is 0 Å². The van der Waals surface area contributed by atoms with Gasteiger partial charge < -0.3 is 4.43 Å². The zero-order chi connectivity index (χ0) is 11.3. The van der Waals surface area contributed by atoms with Crippen molar-refractivity contribution in [2.45, 2.75) is 19.5 Å². The Labute approximate surface area is 91.7 Å². The highest BCUT2D eigenvalue weighted by Crippen LogP contribution is 2.11. The van der Waals surface area contributed by atoms with E-state index in [1.54, 1.807) is 0 Å². The maximum atomic E-state index is 11.3.